The molecular weight excluding hydrogens is 322 g/mol. The van der Waals surface area contributed by atoms with E-state index in [9.17, 15) is 9.59 Å². The van der Waals surface area contributed by atoms with Crippen LogP contribution in [0.5, 0.6) is 0 Å². The third-order valence-electron chi connectivity index (χ3n) is 4.13. The van der Waals surface area contributed by atoms with E-state index in [-0.39, 0.29) is 10.7 Å². The number of amides is 2. The van der Waals surface area contributed by atoms with Crippen molar-refractivity contribution in [1.82, 2.24) is 9.88 Å². The van der Waals surface area contributed by atoms with Gasteiger partial charge in [-0.05, 0) is 67.5 Å². The number of aromatic nitrogens is 1. The number of aryl methyl sites for hydroxylation is 3. The molecule has 1 aliphatic heterocycles. The van der Waals surface area contributed by atoms with Crippen LogP contribution < -0.4 is 10.2 Å². The van der Waals surface area contributed by atoms with Crippen LogP contribution in [0.3, 0.4) is 0 Å². The predicted octanol–water partition coefficient (Wildman–Crippen LogP) is 2.47. The lowest BCUT2D eigenvalue weighted by Crippen LogP contribution is -2.54. The van der Waals surface area contributed by atoms with Crippen molar-refractivity contribution >= 4 is 40.9 Å². The van der Waals surface area contributed by atoms with Crippen LogP contribution in [0.15, 0.2) is 42.1 Å². The second-order valence-electron chi connectivity index (χ2n) is 5.77. The number of hydrogen-bond acceptors (Lipinski definition) is 3. The summed E-state index contributed by atoms with van der Waals surface area (Å²) in [6, 6.07) is 9.32. The molecule has 1 aliphatic rings. The van der Waals surface area contributed by atoms with Crippen LogP contribution in [0.25, 0.3) is 6.08 Å². The SMILES string of the molecule is Cc1ccc(N2C(=O)/C(=C\c3cccn3C)C(=O)NC2=S)cc1C. The highest BCUT2D eigenvalue weighted by atomic mass is 32.1. The molecule has 0 atom stereocenters. The summed E-state index contributed by atoms with van der Waals surface area (Å²) in [6.45, 7) is 3.97. The maximum atomic E-state index is 12.9. The number of thiocarbonyl (C=S) groups is 1. The van der Waals surface area contributed by atoms with E-state index in [1.165, 1.54) is 4.90 Å². The molecule has 1 fully saturated rings. The van der Waals surface area contributed by atoms with Crippen LogP contribution in [0, 0.1) is 13.8 Å². The van der Waals surface area contributed by atoms with Crippen LogP contribution in [-0.4, -0.2) is 21.5 Å². The van der Waals surface area contributed by atoms with Crippen molar-refractivity contribution in [2.24, 2.45) is 7.05 Å². The van der Waals surface area contributed by atoms with E-state index in [1.54, 1.807) is 6.08 Å². The van der Waals surface area contributed by atoms with E-state index in [0.29, 0.717) is 5.69 Å². The van der Waals surface area contributed by atoms with Gasteiger partial charge in [-0.25, -0.2) is 0 Å². The molecule has 1 aromatic carbocycles. The first-order valence-electron chi connectivity index (χ1n) is 7.48. The van der Waals surface area contributed by atoms with Gasteiger partial charge in [-0.1, -0.05) is 6.07 Å². The van der Waals surface area contributed by atoms with E-state index in [1.807, 2.05) is 62.0 Å². The number of benzene rings is 1. The van der Waals surface area contributed by atoms with Gasteiger partial charge in [0, 0.05) is 18.9 Å². The summed E-state index contributed by atoms with van der Waals surface area (Å²) in [5.74, 6) is -0.903. The molecule has 1 saturated heterocycles. The van der Waals surface area contributed by atoms with Gasteiger partial charge < -0.3 is 4.57 Å². The van der Waals surface area contributed by atoms with Gasteiger partial charge in [-0.2, -0.15) is 0 Å². The Labute approximate surface area is 145 Å². The lowest BCUT2D eigenvalue weighted by atomic mass is 10.1. The van der Waals surface area contributed by atoms with Crippen molar-refractivity contribution in [3.63, 3.8) is 0 Å². The van der Waals surface area contributed by atoms with Crippen LogP contribution >= 0.6 is 12.2 Å². The van der Waals surface area contributed by atoms with Gasteiger partial charge in [0.2, 0.25) is 0 Å². The Morgan fingerprint density at radius 2 is 1.88 bits per heavy atom. The monoisotopic (exact) mass is 339 g/mol. The molecule has 0 bridgehead atoms. The first-order chi connectivity index (χ1) is 11.4. The van der Waals surface area contributed by atoms with Gasteiger partial charge in [0.1, 0.15) is 5.57 Å². The van der Waals surface area contributed by atoms with Crippen LogP contribution in [0.1, 0.15) is 16.8 Å². The number of anilines is 1. The summed E-state index contributed by atoms with van der Waals surface area (Å²) >= 11 is 5.21. The maximum absolute atomic E-state index is 12.9. The largest absolute Gasteiger partial charge is 0.351 e. The highest BCUT2D eigenvalue weighted by Crippen LogP contribution is 2.24. The Kier molecular flexibility index (Phi) is 4.07. The molecule has 0 radical (unpaired) electrons. The summed E-state index contributed by atoms with van der Waals surface area (Å²) in [5.41, 5.74) is 3.64. The van der Waals surface area contributed by atoms with Gasteiger partial charge in [-0.15, -0.1) is 0 Å². The minimum atomic E-state index is -0.480. The number of hydrogen-bond donors (Lipinski definition) is 1. The summed E-state index contributed by atoms with van der Waals surface area (Å²) in [4.78, 5) is 26.5. The number of carbonyl (C=O) groups is 2. The fourth-order valence-electron chi connectivity index (χ4n) is 2.53. The maximum Gasteiger partial charge on any atom is 0.270 e. The van der Waals surface area contributed by atoms with E-state index in [4.69, 9.17) is 12.2 Å². The molecule has 1 aromatic heterocycles. The number of nitrogens with one attached hydrogen (secondary N) is 1. The summed E-state index contributed by atoms with van der Waals surface area (Å²) in [6.07, 6.45) is 3.43. The fraction of sp³-hybridized carbons (Fsp3) is 0.167. The van der Waals surface area contributed by atoms with E-state index in [2.05, 4.69) is 5.32 Å². The Hall–Kier alpha value is -2.73. The molecule has 2 aromatic rings. The molecule has 0 spiro atoms. The first kappa shape index (κ1) is 16.1. The molecular formula is C18H17N3O2S. The van der Waals surface area contributed by atoms with Crippen molar-refractivity contribution in [2.75, 3.05) is 4.90 Å². The van der Waals surface area contributed by atoms with Crippen molar-refractivity contribution in [2.45, 2.75) is 13.8 Å². The highest BCUT2D eigenvalue weighted by molar-refractivity contribution is 7.80. The molecule has 1 N–H and O–H groups in total. The Morgan fingerprint density at radius 1 is 1.12 bits per heavy atom. The molecule has 0 aliphatic carbocycles. The van der Waals surface area contributed by atoms with Crippen molar-refractivity contribution in [3.05, 3.63) is 58.9 Å². The van der Waals surface area contributed by atoms with Gasteiger partial charge in [-0.3, -0.25) is 19.8 Å². The molecule has 5 nitrogen and oxygen atoms in total. The minimum Gasteiger partial charge on any atom is -0.351 e. The topological polar surface area (TPSA) is 54.3 Å². The summed E-state index contributed by atoms with van der Waals surface area (Å²) in [5, 5.41) is 2.69. The fourth-order valence-corrected chi connectivity index (χ4v) is 2.81. The lowest BCUT2D eigenvalue weighted by Gasteiger charge is -2.29. The zero-order valence-corrected chi connectivity index (χ0v) is 14.5. The van der Waals surface area contributed by atoms with Crippen LogP contribution in [0.2, 0.25) is 0 Å². The summed E-state index contributed by atoms with van der Waals surface area (Å²) < 4.78 is 1.83. The van der Waals surface area contributed by atoms with E-state index >= 15 is 0 Å². The van der Waals surface area contributed by atoms with Gasteiger partial charge in [0.15, 0.2) is 5.11 Å². The zero-order chi connectivity index (χ0) is 17.4. The van der Waals surface area contributed by atoms with E-state index < -0.39 is 11.8 Å². The van der Waals surface area contributed by atoms with Gasteiger partial charge in [0.05, 0.1) is 5.69 Å². The molecule has 0 unspecified atom stereocenters. The first-order valence-corrected chi connectivity index (χ1v) is 7.89. The second kappa shape index (κ2) is 6.05. The molecule has 0 saturated carbocycles. The molecule has 122 valence electrons. The lowest BCUT2D eigenvalue weighted by molar-refractivity contribution is -0.122. The standard InChI is InChI=1S/C18H17N3O2S/c1-11-6-7-14(9-12(11)2)21-17(23)15(16(22)19-18(21)24)10-13-5-4-8-20(13)3/h4-10H,1-3H3,(H,19,22,24)/b15-10-. The van der Waals surface area contributed by atoms with Crippen molar-refractivity contribution in [3.8, 4) is 0 Å². The average molecular weight is 339 g/mol. The zero-order valence-electron chi connectivity index (χ0n) is 13.7. The van der Waals surface area contributed by atoms with Crippen molar-refractivity contribution < 1.29 is 9.59 Å². The number of rotatable bonds is 2. The normalized spacial score (nSPS) is 16.7. The Balaban J connectivity index is 2.04. The molecule has 24 heavy (non-hydrogen) atoms. The van der Waals surface area contributed by atoms with Crippen molar-refractivity contribution in [1.29, 1.82) is 0 Å². The highest BCUT2D eigenvalue weighted by Gasteiger charge is 2.34. The Bertz CT molecular complexity index is 895. The third kappa shape index (κ3) is 2.76. The van der Waals surface area contributed by atoms with E-state index in [0.717, 1.165) is 16.8 Å². The quantitative estimate of drug-likeness (QED) is 0.519. The second-order valence-corrected chi connectivity index (χ2v) is 6.16. The average Bonchev–Trinajstić information content (AvgIpc) is 2.92. The smallest absolute Gasteiger partial charge is 0.270 e. The predicted molar refractivity (Wildman–Crippen MR) is 97.5 cm³/mol. The molecule has 2 heterocycles. The third-order valence-corrected chi connectivity index (χ3v) is 4.41. The number of carbonyl (C=O) groups excluding carboxylic acids is 2. The summed E-state index contributed by atoms with van der Waals surface area (Å²) in [7, 11) is 1.85. The molecule has 6 heteroatoms. The Morgan fingerprint density at radius 3 is 2.50 bits per heavy atom. The molecule has 3 rings (SSSR count). The molecule has 2 amide bonds. The van der Waals surface area contributed by atoms with Crippen LogP contribution in [-0.2, 0) is 16.6 Å². The van der Waals surface area contributed by atoms with Gasteiger partial charge in [0.25, 0.3) is 11.8 Å². The number of nitrogens with zero attached hydrogens (tertiary/aromatic N) is 2. The van der Waals surface area contributed by atoms with Gasteiger partial charge >= 0.3 is 0 Å². The minimum absolute atomic E-state index is 0.0589. The van der Waals surface area contributed by atoms with Crippen LogP contribution in [0.4, 0.5) is 5.69 Å².